The van der Waals surface area contributed by atoms with Gasteiger partial charge in [-0.2, -0.15) is 0 Å². The third kappa shape index (κ3) is 2.59. The molecule has 0 unspecified atom stereocenters. The molecule has 1 aromatic heterocycles. The summed E-state index contributed by atoms with van der Waals surface area (Å²) in [5.41, 5.74) is 4.81. The number of hydrogen-bond acceptors (Lipinski definition) is 3. The Kier molecular flexibility index (Phi) is 3.63. The van der Waals surface area contributed by atoms with E-state index in [0.717, 1.165) is 28.0 Å². The van der Waals surface area contributed by atoms with Gasteiger partial charge in [-0.25, -0.2) is 9.97 Å². The van der Waals surface area contributed by atoms with Crippen molar-refractivity contribution in [3.05, 3.63) is 77.8 Å². The van der Waals surface area contributed by atoms with Crippen molar-refractivity contribution in [3.63, 3.8) is 0 Å². The molecule has 4 rings (SSSR count). The maximum absolute atomic E-state index is 9.54. The highest BCUT2D eigenvalue weighted by atomic mass is 35.5. The Morgan fingerprint density at radius 2 is 1.33 bits per heavy atom. The van der Waals surface area contributed by atoms with Gasteiger partial charge in [0.05, 0.1) is 21.9 Å². The average Bonchev–Trinajstić information content (AvgIpc) is 2.62. The summed E-state index contributed by atoms with van der Waals surface area (Å²) >= 11 is 6.30. The van der Waals surface area contributed by atoms with E-state index in [2.05, 4.69) is 0 Å². The van der Waals surface area contributed by atoms with Gasteiger partial charge in [-0.05, 0) is 36.4 Å². The Hall–Kier alpha value is -2.91. The second-order valence-corrected chi connectivity index (χ2v) is 5.85. The maximum Gasteiger partial charge on any atom is 0.115 e. The van der Waals surface area contributed by atoms with Crippen molar-refractivity contribution in [2.24, 2.45) is 0 Å². The van der Waals surface area contributed by atoms with Crippen LogP contribution in [0.5, 0.6) is 5.75 Å². The summed E-state index contributed by atoms with van der Waals surface area (Å²) in [6.07, 6.45) is 0. The lowest BCUT2D eigenvalue weighted by Crippen LogP contribution is -1.95. The number of hydrogen-bond donors (Lipinski definition) is 1. The number of phenolic OH excluding ortho intramolecular Hbond substituents is 1. The SMILES string of the molecule is Oc1ccc(-c2nc3cccc(Cl)c3nc2-c2ccccc2)cc1. The topological polar surface area (TPSA) is 46.0 Å². The molecule has 1 N–H and O–H groups in total. The summed E-state index contributed by atoms with van der Waals surface area (Å²) < 4.78 is 0. The molecule has 0 atom stereocenters. The zero-order valence-corrected chi connectivity index (χ0v) is 13.4. The molecular formula is C20H13ClN2O. The number of para-hydroxylation sites is 1. The van der Waals surface area contributed by atoms with Crippen LogP contribution in [0, 0.1) is 0 Å². The molecule has 1 heterocycles. The molecule has 3 aromatic carbocycles. The molecule has 116 valence electrons. The summed E-state index contributed by atoms with van der Waals surface area (Å²) in [5.74, 6) is 0.219. The van der Waals surface area contributed by atoms with Crippen LogP contribution in [0.15, 0.2) is 72.8 Å². The Morgan fingerprint density at radius 3 is 2.08 bits per heavy atom. The van der Waals surface area contributed by atoms with Gasteiger partial charge >= 0.3 is 0 Å². The Bertz CT molecular complexity index is 1010. The molecule has 0 saturated heterocycles. The van der Waals surface area contributed by atoms with E-state index in [9.17, 15) is 5.11 Å². The minimum absolute atomic E-state index is 0.219. The summed E-state index contributed by atoms with van der Waals surface area (Å²) in [5, 5.41) is 10.1. The molecule has 4 heteroatoms. The van der Waals surface area contributed by atoms with Crippen molar-refractivity contribution in [3.8, 4) is 28.3 Å². The average molecular weight is 333 g/mol. The van der Waals surface area contributed by atoms with E-state index in [1.54, 1.807) is 12.1 Å². The molecule has 0 radical (unpaired) electrons. The molecule has 4 aromatic rings. The van der Waals surface area contributed by atoms with Crippen LogP contribution in [0.3, 0.4) is 0 Å². The van der Waals surface area contributed by atoms with Gasteiger partial charge in [-0.15, -0.1) is 0 Å². The first-order valence-corrected chi connectivity index (χ1v) is 7.91. The molecule has 0 saturated carbocycles. The van der Waals surface area contributed by atoms with E-state index in [1.165, 1.54) is 0 Å². The normalized spacial score (nSPS) is 10.9. The van der Waals surface area contributed by atoms with E-state index in [4.69, 9.17) is 21.6 Å². The fraction of sp³-hybridized carbons (Fsp3) is 0. The third-order valence-corrected chi connectivity index (χ3v) is 4.14. The summed E-state index contributed by atoms with van der Waals surface area (Å²) in [4.78, 5) is 9.57. The smallest absolute Gasteiger partial charge is 0.115 e. The van der Waals surface area contributed by atoms with Crippen LogP contribution in [0.25, 0.3) is 33.5 Å². The van der Waals surface area contributed by atoms with E-state index in [0.29, 0.717) is 10.5 Å². The highest BCUT2D eigenvalue weighted by molar-refractivity contribution is 6.34. The minimum Gasteiger partial charge on any atom is -0.508 e. The quantitative estimate of drug-likeness (QED) is 0.540. The predicted molar refractivity (Wildman–Crippen MR) is 97.1 cm³/mol. The Morgan fingerprint density at radius 1 is 0.667 bits per heavy atom. The van der Waals surface area contributed by atoms with Gasteiger partial charge in [-0.3, -0.25) is 0 Å². The molecule has 0 aliphatic heterocycles. The van der Waals surface area contributed by atoms with Crippen LogP contribution < -0.4 is 0 Å². The third-order valence-electron chi connectivity index (χ3n) is 3.83. The number of halogens is 1. The van der Waals surface area contributed by atoms with Gasteiger partial charge < -0.3 is 5.11 Å². The fourth-order valence-electron chi connectivity index (χ4n) is 2.66. The van der Waals surface area contributed by atoms with Crippen LogP contribution in [0.4, 0.5) is 0 Å². The first kappa shape index (κ1) is 14.7. The standard InChI is InChI=1S/C20H13ClN2O/c21-16-7-4-8-17-20(16)23-19(13-5-2-1-3-6-13)18(22-17)14-9-11-15(24)12-10-14/h1-12,24H. The molecule has 0 aliphatic rings. The summed E-state index contributed by atoms with van der Waals surface area (Å²) in [7, 11) is 0. The molecule has 0 fully saturated rings. The van der Waals surface area contributed by atoms with Crippen LogP contribution in [-0.4, -0.2) is 15.1 Å². The highest BCUT2D eigenvalue weighted by Gasteiger charge is 2.14. The maximum atomic E-state index is 9.54. The minimum atomic E-state index is 0.219. The van der Waals surface area contributed by atoms with E-state index < -0.39 is 0 Å². The zero-order valence-electron chi connectivity index (χ0n) is 12.6. The van der Waals surface area contributed by atoms with Gasteiger partial charge in [0, 0.05) is 11.1 Å². The second-order valence-electron chi connectivity index (χ2n) is 5.44. The number of aromatic hydroxyl groups is 1. The summed E-state index contributed by atoms with van der Waals surface area (Å²) in [6.45, 7) is 0. The molecule has 24 heavy (non-hydrogen) atoms. The number of rotatable bonds is 2. The van der Waals surface area contributed by atoms with E-state index in [-0.39, 0.29) is 5.75 Å². The number of fused-ring (bicyclic) bond motifs is 1. The first-order chi connectivity index (χ1) is 11.7. The molecular weight excluding hydrogens is 320 g/mol. The number of aromatic nitrogens is 2. The van der Waals surface area contributed by atoms with Gasteiger partial charge in [0.25, 0.3) is 0 Å². The Balaban J connectivity index is 2.04. The van der Waals surface area contributed by atoms with E-state index >= 15 is 0 Å². The fourth-order valence-corrected chi connectivity index (χ4v) is 2.87. The molecule has 0 bridgehead atoms. The van der Waals surface area contributed by atoms with Crippen molar-refractivity contribution in [1.82, 2.24) is 9.97 Å². The molecule has 0 spiro atoms. The predicted octanol–water partition coefficient (Wildman–Crippen LogP) is 5.32. The van der Waals surface area contributed by atoms with Gasteiger partial charge in [-0.1, -0.05) is 48.0 Å². The summed E-state index contributed by atoms with van der Waals surface area (Å²) in [6, 6.07) is 22.4. The second kappa shape index (κ2) is 5.95. The molecule has 0 amide bonds. The molecule has 3 nitrogen and oxygen atoms in total. The lowest BCUT2D eigenvalue weighted by atomic mass is 10.0. The van der Waals surface area contributed by atoms with Crippen LogP contribution >= 0.6 is 11.6 Å². The molecule has 0 aliphatic carbocycles. The van der Waals surface area contributed by atoms with Crippen molar-refractivity contribution in [2.45, 2.75) is 0 Å². The number of phenols is 1. The lowest BCUT2D eigenvalue weighted by Gasteiger charge is -2.11. The lowest BCUT2D eigenvalue weighted by molar-refractivity contribution is 0.475. The zero-order chi connectivity index (χ0) is 16.5. The van der Waals surface area contributed by atoms with Crippen LogP contribution in [0.2, 0.25) is 5.02 Å². The first-order valence-electron chi connectivity index (χ1n) is 7.53. The highest BCUT2D eigenvalue weighted by Crippen LogP contribution is 2.33. The number of benzene rings is 3. The van der Waals surface area contributed by atoms with Crippen LogP contribution in [0.1, 0.15) is 0 Å². The van der Waals surface area contributed by atoms with Crippen LogP contribution in [-0.2, 0) is 0 Å². The van der Waals surface area contributed by atoms with Gasteiger partial charge in [0.1, 0.15) is 11.3 Å². The van der Waals surface area contributed by atoms with Crippen molar-refractivity contribution >= 4 is 22.6 Å². The monoisotopic (exact) mass is 332 g/mol. The van der Waals surface area contributed by atoms with E-state index in [1.807, 2.05) is 60.7 Å². The van der Waals surface area contributed by atoms with Gasteiger partial charge in [0.2, 0.25) is 0 Å². The largest absolute Gasteiger partial charge is 0.508 e. The number of nitrogens with zero attached hydrogens (tertiary/aromatic N) is 2. The Labute approximate surface area is 144 Å². The van der Waals surface area contributed by atoms with Crippen molar-refractivity contribution in [1.29, 1.82) is 0 Å². The van der Waals surface area contributed by atoms with Crippen molar-refractivity contribution in [2.75, 3.05) is 0 Å². The van der Waals surface area contributed by atoms with Gasteiger partial charge in [0.15, 0.2) is 0 Å². The van der Waals surface area contributed by atoms with Crippen molar-refractivity contribution < 1.29 is 5.11 Å².